The summed E-state index contributed by atoms with van der Waals surface area (Å²) >= 11 is 0. The Balaban J connectivity index is 2.29. The second kappa shape index (κ2) is 5.51. The summed E-state index contributed by atoms with van der Waals surface area (Å²) < 4.78 is 5.44. The van der Waals surface area contributed by atoms with Gasteiger partial charge in [0.2, 0.25) is 0 Å². The molecule has 0 fully saturated rings. The Hall–Kier alpha value is -0.800. The van der Waals surface area contributed by atoms with Crippen molar-refractivity contribution < 1.29 is 9.52 Å². The Kier molecular flexibility index (Phi) is 4.56. The first-order valence-corrected chi connectivity index (χ1v) is 5.87. The average molecular weight is 225 g/mol. The summed E-state index contributed by atoms with van der Waals surface area (Å²) in [5.41, 5.74) is -0.643. The van der Waals surface area contributed by atoms with Gasteiger partial charge in [0.15, 0.2) is 0 Å². The lowest BCUT2D eigenvalue weighted by Gasteiger charge is -2.25. The van der Waals surface area contributed by atoms with Crippen LogP contribution in [0.5, 0.6) is 0 Å². The van der Waals surface area contributed by atoms with Crippen LogP contribution in [-0.2, 0) is 6.54 Å². The number of furan rings is 1. The highest BCUT2D eigenvalue weighted by Crippen LogP contribution is 2.15. The first-order valence-electron chi connectivity index (χ1n) is 5.87. The third kappa shape index (κ3) is 4.81. The van der Waals surface area contributed by atoms with E-state index in [2.05, 4.69) is 19.2 Å². The molecule has 0 aliphatic carbocycles. The average Bonchev–Trinajstić information content (AvgIpc) is 2.48. The van der Waals surface area contributed by atoms with Crippen molar-refractivity contribution in [1.82, 2.24) is 5.32 Å². The SMILES string of the molecule is Cc1ccc(CNCC(C)(O)CC(C)C)o1. The molecule has 0 radical (unpaired) electrons. The highest BCUT2D eigenvalue weighted by Gasteiger charge is 2.21. The van der Waals surface area contributed by atoms with Crippen LogP contribution in [0.25, 0.3) is 0 Å². The van der Waals surface area contributed by atoms with E-state index in [1.54, 1.807) is 0 Å². The van der Waals surface area contributed by atoms with E-state index < -0.39 is 5.60 Å². The maximum atomic E-state index is 10.1. The number of nitrogens with one attached hydrogen (secondary N) is 1. The van der Waals surface area contributed by atoms with Crippen molar-refractivity contribution in [3.63, 3.8) is 0 Å². The number of aliphatic hydroxyl groups is 1. The highest BCUT2D eigenvalue weighted by atomic mass is 16.3. The molecule has 3 heteroatoms. The molecule has 0 aliphatic heterocycles. The standard InChI is InChI=1S/C13H23NO2/c1-10(2)7-13(4,15)9-14-8-12-6-5-11(3)16-12/h5-6,10,14-15H,7-9H2,1-4H3. The van der Waals surface area contributed by atoms with E-state index in [0.717, 1.165) is 17.9 Å². The fourth-order valence-corrected chi connectivity index (χ4v) is 1.99. The molecule has 0 amide bonds. The molecule has 0 spiro atoms. The van der Waals surface area contributed by atoms with Gasteiger partial charge in [0, 0.05) is 6.54 Å². The maximum Gasteiger partial charge on any atom is 0.117 e. The Morgan fingerprint density at radius 1 is 1.44 bits per heavy atom. The minimum absolute atomic E-state index is 0.502. The monoisotopic (exact) mass is 225 g/mol. The predicted molar refractivity (Wildman–Crippen MR) is 65.2 cm³/mol. The first-order chi connectivity index (χ1) is 7.39. The van der Waals surface area contributed by atoms with Crippen molar-refractivity contribution in [1.29, 1.82) is 0 Å². The van der Waals surface area contributed by atoms with Crippen LogP contribution in [0.3, 0.4) is 0 Å². The fraction of sp³-hybridized carbons (Fsp3) is 0.692. The first kappa shape index (κ1) is 13.3. The van der Waals surface area contributed by atoms with Gasteiger partial charge in [-0.25, -0.2) is 0 Å². The molecule has 1 heterocycles. The van der Waals surface area contributed by atoms with E-state index in [-0.39, 0.29) is 0 Å². The third-order valence-electron chi connectivity index (χ3n) is 2.45. The van der Waals surface area contributed by atoms with E-state index in [9.17, 15) is 5.11 Å². The molecule has 0 saturated carbocycles. The zero-order chi connectivity index (χ0) is 12.2. The summed E-state index contributed by atoms with van der Waals surface area (Å²) in [5.74, 6) is 2.34. The molecule has 0 aromatic carbocycles. The second-order valence-electron chi connectivity index (χ2n) is 5.21. The van der Waals surface area contributed by atoms with Crippen LogP contribution in [0.2, 0.25) is 0 Å². The van der Waals surface area contributed by atoms with E-state index in [0.29, 0.717) is 19.0 Å². The van der Waals surface area contributed by atoms with Crippen LogP contribution >= 0.6 is 0 Å². The second-order valence-corrected chi connectivity index (χ2v) is 5.21. The molecule has 92 valence electrons. The molecule has 2 N–H and O–H groups in total. The Bertz CT molecular complexity index is 315. The minimum atomic E-state index is -0.643. The number of rotatable bonds is 6. The van der Waals surface area contributed by atoms with Gasteiger partial charge in [-0.05, 0) is 38.3 Å². The predicted octanol–water partition coefficient (Wildman–Crippen LogP) is 2.47. The van der Waals surface area contributed by atoms with Crippen LogP contribution in [0.15, 0.2) is 16.5 Å². The fourth-order valence-electron chi connectivity index (χ4n) is 1.99. The third-order valence-corrected chi connectivity index (χ3v) is 2.45. The van der Waals surface area contributed by atoms with Gasteiger partial charge < -0.3 is 14.8 Å². The molecule has 0 saturated heterocycles. The topological polar surface area (TPSA) is 45.4 Å². The Labute approximate surface area is 97.9 Å². The van der Waals surface area contributed by atoms with Gasteiger partial charge in [-0.2, -0.15) is 0 Å². The molecule has 0 aliphatic rings. The van der Waals surface area contributed by atoms with Gasteiger partial charge in [0.05, 0.1) is 12.1 Å². The van der Waals surface area contributed by atoms with Gasteiger partial charge >= 0.3 is 0 Å². The summed E-state index contributed by atoms with van der Waals surface area (Å²) in [4.78, 5) is 0. The van der Waals surface area contributed by atoms with Gasteiger partial charge in [0.25, 0.3) is 0 Å². The van der Waals surface area contributed by atoms with Gasteiger partial charge in [-0.1, -0.05) is 13.8 Å². The lowest BCUT2D eigenvalue weighted by atomic mass is 9.94. The van der Waals surface area contributed by atoms with Gasteiger partial charge in [-0.15, -0.1) is 0 Å². The number of hydrogen-bond donors (Lipinski definition) is 2. The van der Waals surface area contributed by atoms with E-state index >= 15 is 0 Å². The quantitative estimate of drug-likeness (QED) is 0.781. The molecule has 1 atom stereocenters. The molecule has 1 unspecified atom stereocenters. The van der Waals surface area contributed by atoms with E-state index in [1.807, 2.05) is 26.0 Å². The van der Waals surface area contributed by atoms with Crippen molar-refractivity contribution in [2.75, 3.05) is 6.54 Å². The normalized spacial score (nSPS) is 15.4. The van der Waals surface area contributed by atoms with Crippen LogP contribution < -0.4 is 5.32 Å². The molecule has 3 nitrogen and oxygen atoms in total. The number of hydrogen-bond acceptors (Lipinski definition) is 3. The van der Waals surface area contributed by atoms with E-state index in [4.69, 9.17) is 4.42 Å². The highest BCUT2D eigenvalue weighted by molar-refractivity contribution is 5.05. The summed E-state index contributed by atoms with van der Waals surface area (Å²) in [6.45, 7) is 9.29. The molecule has 1 aromatic rings. The summed E-state index contributed by atoms with van der Waals surface area (Å²) in [6, 6.07) is 3.91. The zero-order valence-corrected chi connectivity index (χ0v) is 10.7. The van der Waals surface area contributed by atoms with E-state index in [1.165, 1.54) is 0 Å². The Morgan fingerprint density at radius 2 is 2.12 bits per heavy atom. The van der Waals surface area contributed by atoms with Crippen LogP contribution in [0.4, 0.5) is 0 Å². The van der Waals surface area contributed by atoms with Crippen molar-refractivity contribution in [2.24, 2.45) is 5.92 Å². The zero-order valence-electron chi connectivity index (χ0n) is 10.7. The van der Waals surface area contributed by atoms with Crippen LogP contribution in [0.1, 0.15) is 38.7 Å². The summed E-state index contributed by atoms with van der Waals surface area (Å²) in [6.07, 6.45) is 0.803. The van der Waals surface area contributed by atoms with Crippen molar-refractivity contribution in [3.05, 3.63) is 23.7 Å². The molecule has 1 aromatic heterocycles. The molecule has 1 rings (SSSR count). The Morgan fingerprint density at radius 3 is 2.62 bits per heavy atom. The molecule has 0 bridgehead atoms. The lowest BCUT2D eigenvalue weighted by molar-refractivity contribution is 0.0379. The smallest absolute Gasteiger partial charge is 0.117 e. The molecular formula is C13H23NO2. The van der Waals surface area contributed by atoms with Crippen LogP contribution in [0, 0.1) is 12.8 Å². The van der Waals surface area contributed by atoms with Crippen LogP contribution in [-0.4, -0.2) is 17.3 Å². The van der Waals surface area contributed by atoms with Crippen molar-refractivity contribution in [3.8, 4) is 0 Å². The van der Waals surface area contributed by atoms with Gasteiger partial charge in [-0.3, -0.25) is 0 Å². The lowest BCUT2D eigenvalue weighted by Crippen LogP contribution is -2.38. The summed E-state index contributed by atoms with van der Waals surface area (Å²) in [5, 5.41) is 13.3. The summed E-state index contributed by atoms with van der Waals surface area (Å²) in [7, 11) is 0. The largest absolute Gasteiger partial charge is 0.465 e. The number of aryl methyl sites for hydroxylation is 1. The molecule has 16 heavy (non-hydrogen) atoms. The molecular weight excluding hydrogens is 202 g/mol. The maximum absolute atomic E-state index is 10.1. The van der Waals surface area contributed by atoms with Crippen molar-refractivity contribution >= 4 is 0 Å². The minimum Gasteiger partial charge on any atom is -0.465 e. The van der Waals surface area contributed by atoms with Gasteiger partial charge in [0.1, 0.15) is 11.5 Å². The van der Waals surface area contributed by atoms with Crippen molar-refractivity contribution in [2.45, 2.75) is 46.3 Å².